The van der Waals surface area contributed by atoms with Crippen LogP contribution in [0.3, 0.4) is 0 Å². The second kappa shape index (κ2) is 3.25. The van der Waals surface area contributed by atoms with Gasteiger partial charge >= 0.3 is 0 Å². The highest BCUT2D eigenvalue weighted by molar-refractivity contribution is 5.80. The lowest BCUT2D eigenvalue weighted by Crippen LogP contribution is -2.16. The lowest BCUT2D eigenvalue weighted by molar-refractivity contribution is 0.508. The van der Waals surface area contributed by atoms with E-state index in [4.69, 9.17) is 10.7 Å². The Morgan fingerprint density at radius 3 is 2.65 bits per heavy atom. The molecule has 1 aromatic carbocycles. The van der Waals surface area contributed by atoms with Gasteiger partial charge in [-0.25, -0.2) is 4.98 Å². The van der Waals surface area contributed by atoms with Crippen LogP contribution in [0.5, 0.6) is 0 Å². The molecule has 3 heteroatoms. The number of nitrogen functional groups attached to an aromatic ring is 1. The molecule has 0 saturated heterocycles. The summed E-state index contributed by atoms with van der Waals surface area (Å²) < 4.78 is 2.42. The SMILES string of the molecule is CC(C)c1nc2cc(N)ccc2n1C1(C)CC1. The molecule has 1 aliphatic rings. The van der Waals surface area contributed by atoms with E-state index in [0.717, 1.165) is 11.2 Å². The summed E-state index contributed by atoms with van der Waals surface area (Å²) in [5, 5.41) is 0. The summed E-state index contributed by atoms with van der Waals surface area (Å²) in [7, 11) is 0. The lowest BCUT2D eigenvalue weighted by Gasteiger charge is -2.18. The van der Waals surface area contributed by atoms with Crippen molar-refractivity contribution in [3.05, 3.63) is 24.0 Å². The standard InChI is InChI=1S/C14H19N3/c1-9(2)13-16-11-8-10(15)4-5-12(11)17(13)14(3)6-7-14/h4-5,8-9H,6-7,15H2,1-3H3. The minimum Gasteiger partial charge on any atom is -0.399 e. The van der Waals surface area contributed by atoms with Crippen molar-refractivity contribution in [2.75, 3.05) is 5.73 Å². The van der Waals surface area contributed by atoms with Crippen LogP contribution in [0.1, 0.15) is 45.4 Å². The van der Waals surface area contributed by atoms with Gasteiger partial charge in [-0.05, 0) is 38.0 Å². The van der Waals surface area contributed by atoms with Crippen LogP contribution in [0.15, 0.2) is 18.2 Å². The second-order valence-corrected chi connectivity index (χ2v) is 5.71. The quantitative estimate of drug-likeness (QED) is 0.803. The van der Waals surface area contributed by atoms with Gasteiger partial charge in [0.2, 0.25) is 0 Å². The largest absolute Gasteiger partial charge is 0.399 e. The van der Waals surface area contributed by atoms with Crippen LogP contribution >= 0.6 is 0 Å². The summed E-state index contributed by atoms with van der Waals surface area (Å²) in [4.78, 5) is 4.76. The molecule has 1 aliphatic carbocycles. The van der Waals surface area contributed by atoms with E-state index >= 15 is 0 Å². The molecule has 3 rings (SSSR count). The Balaban J connectivity index is 2.32. The van der Waals surface area contributed by atoms with E-state index in [-0.39, 0.29) is 5.54 Å². The number of rotatable bonds is 2. The summed E-state index contributed by atoms with van der Waals surface area (Å²) in [6, 6.07) is 6.05. The van der Waals surface area contributed by atoms with Crippen molar-refractivity contribution in [3.8, 4) is 0 Å². The third-order valence-electron chi connectivity index (χ3n) is 3.73. The van der Waals surface area contributed by atoms with Gasteiger partial charge < -0.3 is 10.3 Å². The molecule has 2 aromatic rings. The first kappa shape index (κ1) is 10.6. The number of hydrogen-bond donors (Lipinski definition) is 1. The van der Waals surface area contributed by atoms with Gasteiger partial charge in [-0.3, -0.25) is 0 Å². The molecule has 1 saturated carbocycles. The van der Waals surface area contributed by atoms with Crippen molar-refractivity contribution in [1.82, 2.24) is 9.55 Å². The van der Waals surface area contributed by atoms with Crippen LogP contribution in [0.4, 0.5) is 5.69 Å². The summed E-state index contributed by atoms with van der Waals surface area (Å²) in [5.41, 5.74) is 9.16. The van der Waals surface area contributed by atoms with Crippen LogP contribution in [0.2, 0.25) is 0 Å². The van der Waals surface area contributed by atoms with Crippen molar-refractivity contribution in [2.45, 2.75) is 45.1 Å². The van der Waals surface area contributed by atoms with Gasteiger partial charge in [-0.2, -0.15) is 0 Å². The van der Waals surface area contributed by atoms with E-state index in [1.165, 1.54) is 24.2 Å². The van der Waals surface area contributed by atoms with Crippen LogP contribution in [-0.2, 0) is 5.54 Å². The molecule has 0 unspecified atom stereocenters. The molecule has 0 amide bonds. The molecule has 3 nitrogen and oxygen atoms in total. The van der Waals surface area contributed by atoms with Crippen LogP contribution in [0.25, 0.3) is 11.0 Å². The molecule has 1 fully saturated rings. The maximum absolute atomic E-state index is 5.83. The predicted molar refractivity (Wildman–Crippen MR) is 71.1 cm³/mol. The molecular formula is C14H19N3. The third-order valence-corrected chi connectivity index (χ3v) is 3.73. The molecular weight excluding hydrogens is 210 g/mol. The first-order valence-corrected chi connectivity index (χ1v) is 6.30. The number of aromatic nitrogens is 2. The summed E-state index contributed by atoms with van der Waals surface area (Å²) in [5.74, 6) is 1.63. The minimum absolute atomic E-state index is 0.282. The highest BCUT2D eigenvalue weighted by Gasteiger charge is 2.42. The topological polar surface area (TPSA) is 43.8 Å². The van der Waals surface area contributed by atoms with Gasteiger partial charge in [0.05, 0.1) is 11.0 Å². The Bertz CT molecular complexity index is 576. The summed E-state index contributed by atoms with van der Waals surface area (Å²) >= 11 is 0. The highest BCUT2D eigenvalue weighted by Crippen LogP contribution is 2.46. The van der Waals surface area contributed by atoms with Crippen LogP contribution in [-0.4, -0.2) is 9.55 Å². The second-order valence-electron chi connectivity index (χ2n) is 5.71. The summed E-state index contributed by atoms with van der Waals surface area (Å²) in [6.07, 6.45) is 2.51. The fourth-order valence-corrected chi connectivity index (χ4v) is 2.48. The van der Waals surface area contributed by atoms with Crippen molar-refractivity contribution in [1.29, 1.82) is 0 Å². The zero-order chi connectivity index (χ0) is 12.2. The third kappa shape index (κ3) is 1.53. The van der Waals surface area contributed by atoms with E-state index in [1.54, 1.807) is 0 Å². The smallest absolute Gasteiger partial charge is 0.112 e. The molecule has 2 N–H and O–H groups in total. The maximum atomic E-state index is 5.83. The lowest BCUT2D eigenvalue weighted by atomic mass is 10.2. The van der Waals surface area contributed by atoms with Crippen molar-refractivity contribution in [2.24, 2.45) is 0 Å². The van der Waals surface area contributed by atoms with E-state index in [2.05, 4.69) is 31.4 Å². The zero-order valence-corrected chi connectivity index (χ0v) is 10.7. The number of benzene rings is 1. The van der Waals surface area contributed by atoms with E-state index in [9.17, 15) is 0 Å². The normalized spacial score (nSPS) is 17.9. The average molecular weight is 229 g/mol. The molecule has 0 bridgehead atoms. The number of imidazole rings is 1. The molecule has 0 atom stereocenters. The molecule has 1 aromatic heterocycles. The minimum atomic E-state index is 0.282. The van der Waals surface area contributed by atoms with Crippen molar-refractivity contribution in [3.63, 3.8) is 0 Å². The number of anilines is 1. The van der Waals surface area contributed by atoms with E-state index < -0.39 is 0 Å². The Morgan fingerprint density at radius 2 is 2.06 bits per heavy atom. The van der Waals surface area contributed by atoms with Gasteiger partial charge in [0.1, 0.15) is 5.82 Å². The number of hydrogen-bond acceptors (Lipinski definition) is 2. The van der Waals surface area contributed by atoms with Gasteiger partial charge in [0.25, 0.3) is 0 Å². The van der Waals surface area contributed by atoms with E-state index in [0.29, 0.717) is 5.92 Å². The molecule has 90 valence electrons. The van der Waals surface area contributed by atoms with Gasteiger partial charge in [-0.15, -0.1) is 0 Å². The van der Waals surface area contributed by atoms with E-state index in [1.807, 2.05) is 12.1 Å². The highest BCUT2D eigenvalue weighted by atomic mass is 15.2. The fourth-order valence-electron chi connectivity index (χ4n) is 2.48. The van der Waals surface area contributed by atoms with Gasteiger partial charge in [0, 0.05) is 17.1 Å². The Hall–Kier alpha value is -1.51. The average Bonchev–Trinajstić information content (AvgIpc) is 2.88. The molecule has 0 aliphatic heterocycles. The van der Waals surface area contributed by atoms with Crippen molar-refractivity contribution >= 4 is 16.7 Å². The van der Waals surface area contributed by atoms with Gasteiger partial charge in [0.15, 0.2) is 0 Å². The van der Waals surface area contributed by atoms with Crippen LogP contribution in [0, 0.1) is 0 Å². The predicted octanol–water partition coefficient (Wildman–Crippen LogP) is 3.25. The fraction of sp³-hybridized carbons (Fsp3) is 0.500. The number of fused-ring (bicyclic) bond motifs is 1. The van der Waals surface area contributed by atoms with Crippen molar-refractivity contribution < 1.29 is 0 Å². The number of nitrogens with zero attached hydrogens (tertiary/aromatic N) is 2. The Morgan fingerprint density at radius 1 is 1.35 bits per heavy atom. The summed E-state index contributed by atoms with van der Waals surface area (Å²) in [6.45, 7) is 6.72. The Kier molecular flexibility index (Phi) is 2.03. The molecule has 0 spiro atoms. The zero-order valence-electron chi connectivity index (χ0n) is 10.7. The molecule has 0 radical (unpaired) electrons. The first-order valence-electron chi connectivity index (χ1n) is 6.30. The maximum Gasteiger partial charge on any atom is 0.112 e. The number of nitrogens with two attached hydrogens (primary N) is 1. The van der Waals surface area contributed by atoms with Gasteiger partial charge in [-0.1, -0.05) is 13.8 Å². The molecule has 1 heterocycles. The molecule has 17 heavy (non-hydrogen) atoms. The van der Waals surface area contributed by atoms with Crippen LogP contribution < -0.4 is 5.73 Å². The first-order chi connectivity index (χ1) is 8.01. The monoisotopic (exact) mass is 229 g/mol. The Labute approximate surface area is 102 Å².